The smallest absolute Gasteiger partial charge is 0.161 e. The average Bonchev–Trinajstić information content (AvgIpc) is 3.02. The first-order valence-electron chi connectivity index (χ1n) is 8.35. The highest BCUT2D eigenvalue weighted by Gasteiger charge is 2.14. The third-order valence-electron chi connectivity index (χ3n) is 4.38. The van der Waals surface area contributed by atoms with Gasteiger partial charge in [0, 0.05) is 11.1 Å². The van der Waals surface area contributed by atoms with Gasteiger partial charge < -0.3 is 9.47 Å². The van der Waals surface area contributed by atoms with Gasteiger partial charge in [0.05, 0.1) is 31.3 Å². The summed E-state index contributed by atoms with van der Waals surface area (Å²) in [6.07, 6.45) is 0. The summed E-state index contributed by atoms with van der Waals surface area (Å²) in [5.74, 6) is 1.37. The van der Waals surface area contributed by atoms with E-state index in [2.05, 4.69) is 17.1 Å². The molecule has 4 aromatic rings. The molecule has 2 aromatic heterocycles. The van der Waals surface area contributed by atoms with Crippen LogP contribution in [0.2, 0.25) is 0 Å². The Labute approximate surface area is 151 Å². The summed E-state index contributed by atoms with van der Waals surface area (Å²) < 4.78 is 12.6. The molecule has 0 saturated heterocycles. The second-order valence-corrected chi connectivity index (χ2v) is 5.97. The lowest BCUT2D eigenvalue weighted by molar-refractivity contribution is 0.355. The molecular weight excluding hydrogens is 326 g/mol. The summed E-state index contributed by atoms with van der Waals surface area (Å²) in [7, 11) is 3.26. The molecule has 4 rings (SSSR count). The van der Waals surface area contributed by atoms with Gasteiger partial charge in [-0.15, -0.1) is 0 Å². The number of ether oxygens (including phenoxy) is 2. The molecule has 0 N–H and O–H groups in total. The number of aromatic nitrogens is 3. The maximum Gasteiger partial charge on any atom is 0.161 e. The number of benzene rings is 2. The molecule has 0 saturated carbocycles. The van der Waals surface area contributed by atoms with Crippen LogP contribution in [0.25, 0.3) is 28.2 Å². The number of rotatable bonds is 4. The van der Waals surface area contributed by atoms with Crippen LogP contribution in [0.4, 0.5) is 0 Å². The van der Waals surface area contributed by atoms with Gasteiger partial charge in [-0.25, -0.2) is 9.50 Å². The minimum Gasteiger partial charge on any atom is -0.493 e. The van der Waals surface area contributed by atoms with Gasteiger partial charge in [-0.1, -0.05) is 30.3 Å². The molecule has 5 heteroatoms. The van der Waals surface area contributed by atoms with E-state index in [-0.39, 0.29) is 0 Å². The fraction of sp³-hybridized carbons (Fsp3) is 0.143. The lowest BCUT2D eigenvalue weighted by atomic mass is 10.1. The molecule has 2 aromatic carbocycles. The molecule has 0 radical (unpaired) electrons. The van der Waals surface area contributed by atoms with E-state index in [1.54, 1.807) is 14.2 Å². The van der Waals surface area contributed by atoms with Crippen LogP contribution < -0.4 is 9.47 Å². The zero-order chi connectivity index (χ0) is 18.1. The number of methoxy groups -OCH3 is 2. The van der Waals surface area contributed by atoms with Crippen molar-refractivity contribution >= 4 is 5.65 Å². The molecule has 5 nitrogen and oxygen atoms in total. The molecular formula is C21H19N3O2. The molecule has 0 aliphatic carbocycles. The van der Waals surface area contributed by atoms with Crippen LogP contribution in [0.5, 0.6) is 11.5 Å². The maximum atomic E-state index is 5.41. The van der Waals surface area contributed by atoms with Crippen LogP contribution in [0, 0.1) is 6.92 Å². The Balaban J connectivity index is 1.88. The summed E-state index contributed by atoms with van der Waals surface area (Å²) in [5, 5.41) is 4.83. The predicted octanol–water partition coefficient (Wildman–Crippen LogP) is 4.39. The third-order valence-corrected chi connectivity index (χ3v) is 4.38. The molecule has 26 heavy (non-hydrogen) atoms. The summed E-state index contributed by atoms with van der Waals surface area (Å²) in [4.78, 5) is 4.64. The van der Waals surface area contributed by atoms with Crippen LogP contribution in [-0.4, -0.2) is 28.8 Å². The van der Waals surface area contributed by atoms with Gasteiger partial charge in [-0.05, 0) is 37.3 Å². The average molecular weight is 345 g/mol. The zero-order valence-corrected chi connectivity index (χ0v) is 14.9. The standard InChI is InChI=1S/C21H19N3O2/c1-14-21(15-7-5-4-6-8-15)24-20(22-14)12-10-17(23-24)16-9-11-18(25-2)19(13-16)26-3/h4-13H,1-3H3. The first-order valence-corrected chi connectivity index (χ1v) is 8.35. The van der Waals surface area contributed by atoms with E-state index in [0.717, 1.165) is 33.9 Å². The van der Waals surface area contributed by atoms with E-state index in [1.807, 2.05) is 60.0 Å². The highest BCUT2D eigenvalue weighted by molar-refractivity contribution is 5.69. The van der Waals surface area contributed by atoms with Crippen LogP contribution in [0.15, 0.2) is 60.7 Å². The molecule has 0 amide bonds. The van der Waals surface area contributed by atoms with Crippen molar-refractivity contribution in [3.8, 4) is 34.0 Å². The number of hydrogen-bond donors (Lipinski definition) is 0. The molecule has 0 unspecified atom stereocenters. The van der Waals surface area contributed by atoms with Gasteiger partial charge in [0.1, 0.15) is 0 Å². The lowest BCUT2D eigenvalue weighted by Crippen LogP contribution is -1.98. The Morgan fingerprint density at radius 1 is 0.808 bits per heavy atom. The van der Waals surface area contributed by atoms with Crippen molar-refractivity contribution in [1.29, 1.82) is 0 Å². The predicted molar refractivity (Wildman–Crippen MR) is 102 cm³/mol. The number of aryl methyl sites for hydroxylation is 1. The summed E-state index contributed by atoms with van der Waals surface area (Å²) in [5.41, 5.74) is 5.67. The van der Waals surface area contributed by atoms with E-state index >= 15 is 0 Å². The first kappa shape index (κ1) is 16.1. The molecule has 0 aliphatic rings. The van der Waals surface area contributed by atoms with E-state index in [0.29, 0.717) is 11.5 Å². The fourth-order valence-corrected chi connectivity index (χ4v) is 3.12. The largest absolute Gasteiger partial charge is 0.493 e. The molecule has 0 spiro atoms. The zero-order valence-electron chi connectivity index (χ0n) is 14.9. The number of hydrogen-bond acceptors (Lipinski definition) is 4. The Morgan fingerprint density at radius 2 is 1.58 bits per heavy atom. The van der Waals surface area contributed by atoms with Crippen molar-refractivity contribution < 1.29 is 9.47 Å². The van der Waals surface area contributed by atoms with Gasteiger partial charge in [0.2, 0.25) is 0 Å². The summed E-state index contributed by atoms with van der Waals surface area (Å²) in [6.45, 7) is 2.01. The van der Waals surface area contributed by atoms with E-state index < -0.39 is 0 Å². The summed E-state index contributed by atoms with van der Waals surface area (Å²) >= 11 is 0. The highest BCUT2D eigenvalue weighted by atomic mass is 16.5. The molecule has 0 aliphatic heterocycles. The van der Waals surface area contributed by atoms with Crippen molar-refractivity contribution in [3.05, 3.63) is 66.4 Å². The van der Waals surface area contributed by atoms with E-state index in [1.165, 1.54) is 0 Å². The molecule has 0 fully saturated rings. The van der Waals surface area contributed by atoms with E-state index in [4.69, 9.17) is 14.6 Å². The third kappa shape index (κ3) is 2.67. The Bertz CT molecular complexity index is 1070. The van der Waals surface area contributed by atoms with Gasteiger partial charge in [-0.2, -0.15) is 5.10 Å². The van der Waals surface area contributed by atoms with Crippen molar-refractivity contribution in [2.24, 2.45) is 0 Å². The monoisotopic (exact) mass is 345 g/mol. The fourth-order valence-electron chi connectivity index (χ4n) is 3.12. The van der Waals surface area contributed by atoms with Crippen molar-refractivity contribution in [3.63, 3.8) is 0 Å². The minimum atomic E-state index is 0.678. The molecule has 0 bridgehead atoms. The Hall–Kier alpha value is -3.34. The second kappa shape index (κ2) is 6.52. The topological polar surface area (TPSA) is 48.7 Å². The summed E-state index contributed by atoms with van der Waals surface area (Å²) in [6, 6.07) is 19.9. The lowest BCUT2D eigenvalue weighted by Gasteiger charge is -2.10. The van der Waals surface area contributed by atoms with Gasteiger partial charge in [0.15, 0.2) is 17.1 Å². The van der Waals surface area contributed by atoms with Crippen LogP contribution in [-0.2, 0) is 0 Å². The van der Waals surface area contributed by atoms with Crippen LogP contribution in [0.1, 0.15) is 5.69 Å². The first-order chi connectivity index (χ1) is 12.7. The quantitative estimate of drug-likeness (QED) is 0.550. The van der Waals surface area contributed by atoms with Gasteiger partial charge >= 0.3 is 0 Å². The Kier molecular flexibility index (Phi) is 4.05. The number of imidazole rings is 1. The SMILES string of the molecule is COc1ccc(-c2ccc3nc(C)c(-c4ccccc4)n3n2)cc1OC. The van der Waals surface area contributed by atoms with Crippen LogP contribution in [0.3, 0.4) is 0 Å². The molecule has 0 atom stereocenters. The minimum absolute atomic E-state index is 0.678. The Morgan fingerprint density at radius 3 is 2.31 bits per heavy atom. The molecule has 130 valence electrons. The normalized spacial score (nSPS) is 10.9. The van der Waals surface area contributed by atoms with Gasteiger partial charge in [0.25, 0.3) is 0 Å². The van der Waals surface area contributed by atoms with Crippen molar-refractivity contribution in [2.75, 3.05) is 14.2 Å². The number of fused-ring (bicyclic) bond motifs is 1. The molecule has 2 heterocycles. The maximum absolute atomic E-state index is 5.41. The van der Waals surface area contributed by atoms with Gasteiger partial charge in [-0.3, -0.25) is 0 Å². The second-order valence-electron chi connectivity index (χ2n) is 5.97. The van der Waals surface area contributed by atoms with Crippen LogP contribution >= 0.6 is 0 Å². The van der Waals surface area contributed by atoms with E-state index in [9.17, 15) is 0 Å². The van der Waals surface area contributed by atoms with Crippen molar-refractivity contribution in [1.82, 2.24) is 14.6 Å². The van der Waals surface area contributed by atoms with Crippen molar-refractivity contribution in [2.45, 2.75) is 6.92 Å². The number of nitrogens with zero attached hydrogens (tertiary/aromatic N) is 3. The highest BCUT2D eigenvalue weighted by Crippen LogP contribution is 2.32.